The molecule has 126 valence electrons. The first-order valence-corrected chi connectivity index (χ1v) is 9.72. The van der Waals surface area contributed by atoms with E-state index < -0.39 is 9.84 Å². The predicted octanol–water partition coefficient (Wildman–Crippen LogP) is 2.41. The number of nitrogens with one attached hydrogen (secondary N) is 1. The Labute approximate surface area is 142 Å². The second-order valence-electron chi connectivity index (χ2n) is 5.74. The number of hydrogen-bond acceptors (Lipinski definition) is 5. The largest absolute Gasteiger partial charge is 0.489 e. The molecule has 2 aromatic rings. The van der Waals surface area contributed by atoms with Gasteiger partial charge in [0.15, 0.2) is 9.84 Å². The van der Waals surface area contributed by atoms with E-state index in [1.165, 1.54) is 6.26 Å². The van der Waals surface area contributed by atoms with E-state index in [1.807, 2.05) is 24.3 Å². The summed E-state index contributed by atoms with van der Waals surface area (Å²) in [7, 11) is -3.17. The molecule has 0 unspecified atom stereocenters. The summed E-state index contributed by atoms with van der Waals surface area (Å²) in [6.45, 7) is 2.17. The Kier molecular flexibility index (Phi) is 4.85. The van der Waals surface area contributed by atoms with Gasteiger partial charge in [-0.05, 0) is 36.2 Å². The number of aliphatic imine (C=N–C) groups is 1. The van der Waals surface area contributed by atoms with Gasteiger partial charge < -0.3 is 10.1 Å². The van der Waals surface area contributed by atoms with Gasteiger partial charge in [-0.25, -0.2) is 8.42 Å². The number of amidine groups is 1. The quantitative estimate of drug-likeness (QED) is 0.904. The summed E-state index contributed by atoms with van der Waals surface area (Å²) in [6.07, 6.45) is 2.26. The predicted molar refractivity (Wildman–Crippen MR) is 94.3 cm³/mol. The van der Waals surface area contributed by atoms with E-state index in [0.29, 0.717) is 11.5 Å². The molecule has 3 rings (SSSR count). The number of benzene rings is 2. The topological polar surface area (TPSA) is 67.8 Å². The molecule has 0 bridgehead atoms. The molecule has 6 heteroatoms. The highest BCUT2D eigenvalue weighted by molar-refractivity contribution is 7.90. The summed E-state index contributed by atoms with van der Waals surface area (Å²) in [5.74, 6) is 1.67. The summed E-state index contributed by atoms with van der Waals surface area (Å²) < 4.78 is 28.7. The van der Waals surface area contributed by atoms with Gasteiger partial charge in [0.25, 0.3) is 0 Å². The van der Waals surface area contributed by atoms with Crippen LogP contribution in [0.1, 0.15) is 17.5 Å². The minimum atomic E-state index is -3.17. The Morgan fingerprint density at radius 2 is 1.96 bits per heavy atom. The molecule has 0 aromatic heterocycles. The SMILES string of the molecule is CS(=O)(=O)c1ccc(COc2cccc(C3=NCCCN3)c2)cc1. The van der Waals surface area contributed by atoms with E-state index in [9.17, 15) is 8.42 Å². The third kappa shape index (κ3) is 4.14. The van der Waals surface area contributed by atoms with Gasteiger partial charge in [-0.3, -0.25) is 4.99 Å². The molecular weight excluding hydrogens is 324 g/mol. The van der Waals surface area contributed by atoms with Crippen LogP contribution in [0.3, 0.4) is 0 Å². The van der Waals surface area contributed by atoms with Crippen molar-refractivity contribution >= 4 is 15.7 Å². The summed E-state index contributed by atoms with van der Waals surface area (Å²) >= 11 is 0. The van der Waals surface area contributed by atoms with Gasteiger partial charge in [0.05, 0.1) is 4.90 Å². The Hall–Kier alpha value is -2.34. The Balaban J connectivity index is 1.67. The van der Waals surface area contributed by atoms with Crippen molar-refractivity contribution in [1.82, 2.24) is 5.32 Å². The molecule has 5 nitrogen and oxygen atoms in total. The van der Waals surface area contributed by atoms with Crippen LogP contribution in [0.15, 0.2) is 58.4 Å². The second kappa shape index (κ2) is 7.05. The van der Waals surface area contributed by atoms with Crippen LogP contribution >= 0.6 is 0 Å². The van der Waals surface area contributed by atoms with Crippen LogP contribution in [0.2, 0.25) is 0 Å². The third-order valence-corrected chi connectivity index (χ3v) is 4.89. The van der Waals surface area contributed by atoms with Gasteiger partial charge in [-0.15, -0.1) is 0 Å². The molecule has 1 aliphatic rings. The van der Waals surface area contributed by atoms with Gasteiger partial charge in [0.1, 0.15) is 18.2 Å². The molecular formula is C18H20N2O3S. The van der Waals surface area contributed by atoms with E-state index in [2.05, 4.69) is 10.3 Å². The van der Waals surface area contributed by atoms with Crippen LogP contribution in [0.5, 0.6) is 5.75 Å². The van der Waals surface area contributed by atoms with Crippen molar-refractivity contribution in [2.24, 2.45) is 4.99 Å². The average molecular weight is 344 g/mol. The van der Waals surface area contributed by atoms with Gasteiger partial charge in [-0.2, -0.15) is 0 Å². The van der Waals surface area contributed by atoms with E-state index in [-0.39, 0.29) is 0 Å². The van der Waals surface area contributed by atoms with Crippen molar-refractivity contribution in [3.8, 4) is 5.75 Å². The summed E-state index contributed by atoms with van der Waals surface area (Å²) in [4.78, 5) is 4.80. The van der Waals surface area contributed by atoms with Crippen molar-refractivity contribution in [2.45, 2.75) is 17.9 Å². The lowest BCUT2D eigenvalue weighted by atomic mass is 10.1. The molecule has 0 saturated heterocycles. The first-order valence-electron chi connectivity index (χ1n) is 7.83. The van der Waals surface area contributed by atoms with Crippen molar-refractivity contribution in [3.63, 3.8) is 0 Å². The van der Waals surface area contributed by atoms with E-state index in [4.69, 9.17) is 4.74 Å². The zero-order chi connectivity index (χ0) is 17.0. The molecule has 1 aliphatic heterocycles. The van der Waals surface area contributed by atoms with Crippen molar-refractivity contribution in [1.29, 1.82) is 0 Å². The fourth-order valence-electron chi connectivity index (χ4n) is 2.46. The van der Waals surface area contributed by atoms with E-state index in [1.54, 1.807) is 24.3 Å². The van der Waals surface area contributed by atoms with Crippen molar-refractivity contribution in [3.05, 3.63) is 59.7 Å². The third-order valence-electron chi connectivity index (χ3n) is 3.76. The normalized spacial score (nSPS) is 14.6. The maximum Gasteiger partial charge on any atom is 0.175 e. The van der Waals surface area contributed by atoms with Crippen molar-refractivity contribution < 1.29 is 13.2 Å². The van der Waals surface area contributed by atoms with Crippen LogP contribution in [0, 0.1) is 0 Å². The maximum atomic E-state index is 11.5. The summed E-state index contributed by atoms with van der Waals surface area (Å²) in [5, 5.41) is 3.29. The molecule has 24 heavy (non-hydrogen) atoms. The van der Waals surface area contributed by atoms with Crippen LogP contribution in [0.4, 0.5) is 0 Å². The number of nitrogens with zero attached hydrogens (tertiary/aromatic N) is 1. The Bertz CT molecular complexity index is 843. The highest BCUT2D eigenvalue weighted by atomic mass is 32.2. The van der Waals surface area contributed by atoms with Gasteiger partial charge in [0, 0.05) is 24.9 Å². The van der Waals surface area contributed by atoms with Gasteiger partial charge in [-0.1, -0.05) is 24.3 Å². The molecule has 0 fully saturated rings. The number of ether oxygens (including phenoxy) is 1. The minimum Gasteiger partial charge on any atom is -0.489 e. The van der Waals surface area contributed by atoms with Crippen LogP contribution in [-0.4, -0.2) is 33.6 Å². The smallest absolute Gasteiger partial charge is 0.175 e. The Morgan fingerprint density at radius 1 is 1.17 bits per heavy atom. The fourth-order valence-corrected chi connectivity index (χ4v) is 3.09. The molecule has 0 radical (unpaired) electrons. The number of rotatable bonds is 5. The minimum absolute atomic E-state index is 0.314. The second-order valence-corrected chi connectivity index (χ2v) is 7.76. The monoisotopic (exact) mass is 344 g/mol. The molecule has 1 N–H and O–H groups in total. The standard InChI is InChI=1S/C18H20N2O3S/c1-24(21,22)17-8-6-14(7-9-17)13-23-16-5-2-4-15(12-16)18-19-10-3-11-20-18/h2,4-9,12H,3,10-11,13H2,1H3,(H,19,20). The summed E-state index contributed by atoms with van der Waals surface area (Å²) in [5.41, 5.74) is 1.93. The highest BCUT2D eigenvalue weighted by Gasteiger charge is 2.09. The highest BCUT2D eigenvalue weighted by Crippen LogP contribution is 2.17. The van der Waals surface area contributed by atoms with Gasteiger partial charge >= 0.3 is 0 Å². The molecule has 0 spiro atoms. The number of hydrogen-bond donors (Lipinski definition) is 1. The lowest BCUT2D eigenvalue weighted by molar-refractivity contribution is 0.306. The molecule has 0 atom stereocenters. The molecule has 0 aliphatic carbocycles. The van der Waals surface area contributed by atoms with E-state index >= 15 is 0 Å². The first kappa shape index (κ1) is 16.5. The molecule has 0 saturated carbocycles. The molecule has 1 heterocycles. The van der Waals surface area contributed by atoms with Crippen LogP contribution in [0.25, 0.3) is 0 Å². The number of sulfone groups is 1. The first-order chi connectivity index (χ1) is 11.5. The average Bonchev–Trinajstić information content (AvgIpc) is 2.61. The zero-order valence-corrected chi connectivity index (χ0v) is 14.3. The van der Waals surface area contributed by atoms with E-state index in [0.717, 1.165) is 42.2 Å². The summed E-state index contributed by atoms with van der Waals surface area (Å²) in [6, 6.07) is 14.6. The van der Waals surface area contributed by atoms with Crippen LogP contribution in [-0.2, 0) is 16.4 Å². The lowest BCUT2D eigenvalue weighted by Gasteiger charge is -2.15. The Morgan fingerprint density at radius 3 is 2.62 bits per heavy atom. The lowest BCUT2D eigenvalue weighted by Crippen LogP contribution is -2.30. The van der Waals surface area contributed by atoms with Crippen molar-refractivity contribution in [2.75, 3.05) is 19.3 Å². The fraction of sp³-hybridized carbons (Fsp3) is 0.278. The molecule has 0 amide bonds. The molecule has 2 aromatic carbocycles. The zero-order valence-electron chi connectivity index (χ0n) is 13.5. The van der Waals surface area contributed by atoms with Gasteiger partial charge in [0.2, 0.25) is 0 Å². The van der Waals surface area contributed by atoms with Crippen LogP contribution < -0.4 is 10.1 Å². The maximum absolute atomic E-state index is 11.5.